The van der Waals surface area contributed by atoms with Crippen LogP contribution in [0.1, 0.15) is 13.8 Å². The summed E-state index contributed by atoms with van der Waals surface area (Å²) in [5.41, 5.74) is 4.17. The SMILES string of the molecule is CCN(CC)c1cc2oc(=O)c3c(-c4ccccc4)nc(-c4ccccn4)cc3c2c2ccccc12. The molecule has 0 spiro atoms. The molecule has 0 radical (unpaired) electrons. The van der Waals surface area contributed by atoms with E-state index in [2.05, 4.69) is 41.9 Å². The normalized spacial score (nSPS) is 11.4. The summed E-state index contributed by atoms with van der Waals surface area (Å²) < 4.78 is 6.03. The number of pyridine rings is 2. The Kier molecular flexibility index (Phi) is 5.45. The molecule has 176 valence electrons. The lowest BCUT2D eigenvalue weighted by Gasteiger charge is -2.24. The van der Waals surface area contributed by atoms with Crippen LogP contribution in [0, 0.1) is 0 Å². The quantitative estimate of drug-likeness (QED) is 0.199. The molecule has 0 aliphatic carbocycles. The van der Waals surface area contributed by atoms with Crippen LogP contribution in [0.2, 0.25) is 0 Å². The molecule has 0 unspecified atom stereocenters. The standard InChI is InChI=1S/C31H25N3O2/c1-3-34(4-2)26-19-27-28(22-15-9-8-14-21(22)26)23-18-25(24-16-10-11-17-32-24)33-30(29(23)31(35)36-27)20-12-6-5-7-13-20/h5-19H,3-4H2,1-2H3. The third-order valence-corrected chi connectivity index (χ3v) is 6.76. The third-order valence-electron chi connectivity index (χ3n) is 6.76. The molecule has 3 aromatic carbocycles. The van der Waals surface area contributed by atoms with E-state index >= 15 is 0 Å². The molecule has 0 amide bonds. The van der Waals surface area contributed by atoms with Crippen molar-refractivity contribution in [2.45, 2.75) is 13.8 Å². The summed E-state index contributed by atoms with van der Waals surface area (Å²) in [4.78, 5) is 25.3. The summed E-state index contributed by atoms with van der Waals surface area (Å²) in [6.07, 6.45) is 1.76. The van der Waals surface area contributed by atoms with E-state index in [1.54, 1.807) is 6.20 Å². The lowest BCUT2D eigenvalue weighted by molar-refractivity contribution is 0.570. The first-order valence-corrected chi connectivity index (χ1v) is 12.2. The smallest absolute Gasteiger partial charge is 0.346 e. The third kappa shape index (κ3) is 3.52. The fourth-order valence-electron chi connectivity index (χ4n) is 5.07. The molecule has 6 rings (SSSR count). The van der Waals surface area contributed by atoms with Gasteiger partial charge in [-0.2, -0.15) is 0 Å². The Hall–Kier alpha value is -4.51. The van der Waals surface area contributed by atoms with Crippen LogP contribution >= 0.6 is 0 Å². The van der Waals surface area contributed by atoms with Crippen LogP contribution in [-0.4, -0.2) is 23.1 Å². The van der Waals surface area contributed by atoms with Crippen LogP contribution in [-0.2, 0) is 0 Å². The average Bonchev–Trinajstić information content (AvgIpc) is 2.94. The Balaban J connectivity index is 1.82. The topological polar surface area (TPSA) is 59.2 Å². The zero-order chi connectivity index (χ0) is 24.6. The number of hydrogen-bond donors (Lipinski definition) is 0. The zero-order valence-electron chi connectivity index (χ0n) is 20.2. The number of nitrogens with zero attached hydrogens (tertiary/aromatic N) is 3. The van der Waals surface area contributed by atoms with Gasteiger partial charge in [-0.1, -0.05) is 60.7 Å². The second-order valence-corrected chi connectivity index (χ2v) is 8.74. The van der Waals surface area contributed by atoms with Gasteiger partial charge in [0.25, 0.3) is 0 Å². The van der Waals surface area contributed by atoms with Crippen molar-refractivity contribution in [2.75, 3.05) is 18.0 Å². The first-order valence-electron chi connectivity index (χ1n) is 12.2. The van der Waals surface area contributed by atoms with Crippen LogP contribution in [0.3, 0.4) is 0 Å². The van der Waals surface area contributed by atoms with Gasteiger partial charge in [0, 0.05) is 52.8 Å². The lowest BCUT2D eigenvalue weighted by Crippen LogP contribution is -2.22. The molecule has 36 heavy (non-hydrogen) atoms. The predicted octanol–water partition coefficient (Wildman–Crippen LogP) is 7.07. The Morgan fingerprint density at radius 2 is 1.47 bits per heavy atom. The van der Waals surface area contributed by atoms with Gasteiger partial charge >= 0.3 is 5.63 Å². The number of aromatic nitrogens is 2. The number of rotatable bonds is 5. The molecule has 0 N–H and O–H groups in total. The van der Waals surface area contributed by atoms with E-state index in [4.69, 9.17) is 9.40 Å². The van der Waals surface area contributed by atoms with Crippen molar-refractivity contribution in [3.63, 3.8) is 0 Å². The minimum Gasteiger partial charge on any atom is -0.422 e. The van der Waals surface area contributed by atoms with Crippen molar-refractivity contribution >= 4 is 38.2 Å². The van der Waals surface area contributed by atoms with Crippen molar-refractivity contribution in [1.82, 2.24) is 9.97 Å². The van der Waals surface area contributed by atoms with Crippen molar-refractivity contribution in [1.29, 1.82) is 0 Å². The van der Waals surface area contributed by atoms with E-state index in [-0.39, 0.29) is 0 Å². The van der Waals surface area contributed by atoms with E-state index in [1.165, 1.54) is 0 Å². The number of benzene rings is 3. The molecule has 0 saturated carbocycles. The van der Waals surface area contributed by atoms with Crippen molar-refractivity contribution < 1.29 is 4.42 Å². The maximum Gasteiger partial charge on any atom is 0.346 e. The minimum atomic E-state index is -0.391. The van der Waals surface area contributed by atoms with Gasteiger partial charge in [-0.3, -0.25) is 4.98 Å². The summed E-state index contributed by atoms with van der Waals surface area (Å²) in [7, 11) is 0. The highest BCUT2D eigenvalue weighted by Gasteiger charge is 2.20. The minimum absolute atomic E-state index is 0.391. The summed E-state index contributed by atoms with van der Waals surface area (Å²) in [6.45, 7) is 5.98. The predicted molar refractivity (Wildman–Crippen MR) is 148 cm³/mol. The van der Waals surface area contributed by atoms with Crippen LogP contribution in [0.15, 0.2) is 100 Å². The molecule has 0 atom stereocenters. The fourth-order valence-corrected chi connectivity index (χ4v) is 5.07. The lowest BCUT2D eigenvalue weighted by atomic mass is 9.96. The van der Waals surface area contributed by atoms with E-state index < -0.39 is 5.63 Å². The van der Waals surface area contributed by atoms with Crippen LogP contribution in [0.4, 0.5) is 5.69 Å². The Labute approximate surface area is 208 Å². The monoisotopic (exact) mass is 471 g/mol. The van der Waals surface area contributed by atoms with E-state index in [9.17, 15) is 4.79 Å². The molecular formula is C31H25N3O2. The maximum atomic E-state index is 13.6. The second-order valence-electron chi connectivity index (χ2n) is 8.74. The van der Waals surface area contributed by atoms with Crippen LogP contribution in [0.25, 0.3) is 55.2 Å². The molecule has 5 heteroatoms. The molecule has 5 nitrogen and oxygen atoms in total. The molecular weight excluding hydrogens is 446 g/mol. The summed E-state index contributed by atoms with van der Waals surface area (Å²) in [5, 5.41) is 4.38. The van der Waals surface area contributed by atoms with Gasteiger partial charge in [0.1, 0.15) is 5.58 Å². The average molecular weight is 472 g/mol. The summed E-state index contributed by atoms with van der Waals surface area (Å²) in [5.74, 6) is 0. The van der Waals surface area contributed by atoms with E-state index in [0.717, 1.165) is 51.6 Å². The molecule has 0 aliphatic heterocycles. The van der Waals surface area contributed by atoms with Gasteiger partial charge in [0.05, 0.1) is 22.5 Å². The van der Waals surface area contributed by atoms with Gasteiger partial charge in [-0.15, -0.1) is 0 Å². The van der Waals surface area contributed by atoms with Crippen LogP contribution < -0.4 is 10.5 Å². The molecule has 6 aromatic rings. The van der Waals surface area contributed by atoms with E-state index in [0.29, 0.717) is 22.4 Å². The first-order chi connectivity index (χ1) is 17.7. The van der Waals surface area contributed by atoms with Gasteiger partial charge in [0.15, 0.2) is 0 Å². The molecule has 0 saturated heterocycles. The molecule has 3 heterocycles. The number of hydrogen-bond acceptors (Lipinski definition) is 5. The van der Waals surface area contributed by atoms with Crippen molar-refractivity contribution in [3.8, 4) is 22.6 Å². The first kappa shape index (κ1) is 22.0. The fraction of sp³-hybridized carbons (Fsp3) is 0.129. The maximum absolute atomic E-state index is 13.6. The van der Waals surface area contributed by atoms with Gasteiger partial charge in [-0.25, -0.2) is 9.78 Å². The van der Waals surface area contributed by atoms with Crippen LogP contribution in [0.5, 0.6) is 0 Å². The zero-order valence-corrected chi connectivity index (χ0v) is 20.2. The number of fused-ring (bicyclic) bond motifs is 5. The highest BCUT2D eigenvalue weighted by molar-refractivity contribution is 6.22. The Morgan fingerprint density at radius 1 is 0.750 bits per heavy atom. The highest BCUT2D eigenvalue weighted by atomic mass is 16.4. The number of anilines is 1. The molecule has 0 aliphatic rings. The van der Waals surface area contributed by atoms with Gasteiger partial charge < -0.3 is 9.32 Å². The Morgan fingerprint density at radius 3 is 2.19 bits per heavy atom. The van der Waals surface area contributed by atoms with Gasteiger partial charge in [-0.05, 0) is 37.4 Å². The molecule has 3 aromatic heterocycles. The van der Waals surface area contributed by atoms with Gasteiger partial charge in [0.2, 0.25) is 0 Å². The Bertz CT molecular complexity index is 1770. The summed E-state index contributed by atoms with van der Waals surface area (Å²) in [6, 6.07) is 27.9. The second kappa shape index (κ2) is 8.93. The molecule has 0 bridgehead atoms. The largest absolute Gasteiger partial charge is 0.422 e. The van der Waals surface area contributed by atoms with Crippen molar-refractivity contribution in [3.05, 3.63) is 102 Å². The molecule has 0 fully saturated rings. The van der Waals surface area contributed by atoms with E-state index in [1.807, 2.05) is 66.7 Å². The van der Waals surface area contributed by atoms with Crippen molar-refractivity contribution in [2.24, 2.45) is 0 Å². The highest BCUT2D eigenvalue weighted by Crippen LogP contribution is 2.39. The summed E-state index contributed by atoms with van der Waals surface area (Å²) >= 11 is 0.